The van der Waals surface area contributed by atoms with Gasteiger partial charge in [-0.25, -0.2) is 0 Å². The second-order valence-corrected chi connectivity index (χ2v) is 5.06. The fourth-order valence-electron chi connectivity index (χ4n) is 2.07. The molecule has 0 aromatic heterocycles. The average molecular weight is 300 g/mol. The van der Waals surface area contributed by atoms with Gasteiger partial charge in [0.05, 0.1) is 0 Å². The minimum atomic E-state index is 0.577. The van der Waals surface area contributed by atoms with Gasteiger partial charge in [0.1, 0.15) is 13.2 Å². The van der Waals surface area contributed by atoms with Gasteiger partial charge in [-0.05, 0) is 29.9 Å². The molecule has 21 heavy (non-hydrogen) atoms. The molecule has 0 saturated heterocycles. The standard InChI is InChI=1S/C16H16N2O2S/c21-16(17-11-12-4-2-1-3-5-12)18-13-6-7-14-15(10-13)20-9-8-19-14/h1-7,10H,8-9,11H2,(H2,17,18,21). The first kappa shape index (κ1) is 13.7. The second-order valence-electron chi connectivity index (χ2n) is 4.65. The summed E-state index contributed by atoms with van der Waals surface area (Å²) in [4.78, 5) is 0. The highest BCUT2D eigenvalue weighted by Crippen LogP contribution is 2.32. The van der Waals surface area contributed by atoms with Gasteiger partial charge in [-0.2, -0.15) is 0 Å². The predicted octanol–water partition coefficient (Wildman–Crippen LogP) is 2.94. The van der Waals surface area contributed by atoms with Crippen LogP contribution in [0.4, 0.5) is 5.69 Å². The van der Waals surface area contributed by atoms with Crippen LogP contribution >= 0.6 is 12.2 Å². The summed E-state index contributed by atoms with van der Waals surface area (Å²) < 4.78 is 11.0. The molecule has 0 unspecified atom stereocenters. The molecule has 0 atom stereocenters. The Morgan fingerprint density at radius 1 is 1.00 bits per heavy atom. The summed E-state index contributed by atoms with van der Waals surface area (Å²) in [6.45, 7) is 1.86. The van der Waals surface area contributed by atoms with Crippen molar-refractivity contribution in [2.45, 2.75) is 6.54 Å². The highest BCUT2D eigenvalue weighted by atomic mass is 32.1. The normalized spacial score (nSPS) is 12.6. The summed E-state index contributed by atoms with van der Waals surface area (Å²) in [5.41, 5.74) is 2.06. The van der Waals surface area contributed by atoms with Crippen molar-refractivity contribution in [3.8, 4) is 11.5 Å². The zero-order chi connectivity index (χ0) is 14.5. The van der Waals surface area contributed by atoms with Gasteiger partial charge in [-0.3, -0.25) is 0 Å². The quantitative estimate of drug-likeness (QED) is 0.853. The van der Waals surface area contributed by atoms with E-state index in [0.717, 1.165) is 17.2 Å². The Balaban J connectivity index is 1.57. The molecule has 0 spiro atoms. The molecule has 5 heteroatoms. The van der Waals surface area contributed by atoms with Crippen LogP contribution in [0.3, 0.4) is 0 Å². The van der Waals surface area contributed by atoms with Crippen molar-refractivity contribution >= 4 is 23.0 Å². The van der Waals surface area contributed by atoms with Crippen molar-refractivity contribution in [1.29, 1.82) is 0 Å². The Bertz CT molecular complexity index is 631. The molecule has 0 amide bonds. The average Bonchev–Trinajstić information content (AvgIpc) is 2.54. The fraction of sp³-hybridized carbons (Fsp3) is 0.188. The van der Waals surface area contributed by atoms with Crippen LogP contribution in [0.5, 0.6) is 11.5 Å². The van der Waals surface area contributed by atoms with Crippen LogP contribution in [0.2, 0.25) is 0 Å². The molecule has 2 N–H and O–H groups in total. The number of nitrogens with one attached hydrogen (secondary N) is 2. The summed E-state index contributed by atoms with van der Waals surface area (Å²) in [6.07, 6.45) is 0. The van der Waals surface area contributed by atoms with E-state index in [1.54, 1.807) is 0 Å². The lowest BCUT2D eigenvalue weighted by atomic mass is 10.2. The first-order valence-corrected chi connectivity index (χ1v) is 7.20. The Hall–Kier alpha value is -2.27. The molecule has 3 rings (SSSR count). The largest absolute Gasteiger partial charge is 0.486 e. The number of ether oxygens (including phenoxy) is 2. The van der Waals surface area contributed by atoms with E-state index in [2.05, 4.69) is 22.8 Å². The summed E-state index contributed by atoms with van der Waals surface area (Å²) in [5.74, 6) is 1.52. The van der Waals surface area contributed by atoms with E-state index >= 15 is 0 Å². The fourth-order valence-corrected chi connectivity index (χ4v) is 2.26. The molecule has 0 aliphatic carbocycles. The van der Waals surface area contributed by atoms with Crippen LogP contribution in [-0.2, 0) is 6.54 Å². The third-order valence-corrected chi connectivity index (χ3v) is 3.34. The number of anilines is 1. The Kier molecular flexibility index (Phi) is 4.21. The molecule has 0 radical (unpaired) electrons. The van der Waals surface area contributed by atoms with Crippen LogP contribution in [0.15, 0.2) is 48.5 Å². The van der Waals surface area contributed by atoms with Crippen LogP contribution < -0.4 is 20.1 Å². The van der Waals surface area contributed by atoms with Gasteiger partial charge in [0.2, 0.25) is 0 Å². The zero-order valence-electron chi connectivity index (χ0n) is 11.5. The number of benzene rings is 2. The zero-order valence-corrected chi connectivity index (χ0v) is 12.3. The van der Waals surface area contributed by atoms with Crippen molar-refractivity contribution in [3.05, 3.63) is 54.1 Å². The Morgan fingerprint density at radius 3 is 2.57 bits per heavy atom. The van der Waals surface area contributed by atoms with Crippen LogP contribution in [0, 0.1) is 0 Å². The van der Waals surface area contributed by atoms with Crippen molar-refractivity contribution < 1.29 is 9.47 Å². The van der Waals surface area contributed by atoms with Crippen LogP contribution in [-0.4, -0.2) is 18.3 Å². The molecular weight excluding hydrogens is 284 g/mol. The third-order valence-electron chi connectivity index (χ3n) is 3.10. The molecule has 0 fully saturated rings. The van der Waals surface area contributed by atoms with Gasteiger partial charge in [-0.1, -0.05) is 30.3 Å². The lowest BCUT2D eigenvalue weighted by Crippen LogP contribution is -2.28. The van der Waals surface area contributed by atoms with E-state index in [1.165, 1.54) is 5.56 Å². The van der Waals surface area contributed by atoms with Crippen molar-refractivity contribution in [2.75, 3.05) is 18.5 Å². The van der Waals surface area contributed by atoms with Gasteiger partial charge < -0.3 is 20.1 Å². The molecule has 0 bridgehead atoms. The van der Waals surface area contributed by atoms with Crippen molar-refractivity contribution in [3.63, 3.8) is 0 Å². The minimum Gasteiger partial charge on any atom is -0.486 e. The predicted molar refractivity (Wildman–Crippen MR) is 86.9 cm³/mol. The van der Waals surface area contributed by atoms with E-state index in [9.17, 15) is 0 Å². The highest BCUT2D eigenvalue weighted by molar-refractivity contribution is 7.80. The van der Waals surface area contributed by atoms with Gasteiger partial charge >= 0.3 is 0 Å². The minimum absolute atomic E-state index is 0.577. The van der Waals surface area contributed by atoms with E-state index < -0.39 is 0 Å². The molecule has 2 aromatic rings. The van der Waals surface area contributed by atoms with Crippen molar-refractivity contribution in [2.24, 2.45) is 0 Å². The number of thiocarbonyl (C=S) groups is 1. The Morgan fingerprint density at radius 2 is 1.76 bits per heavy atom. The molecule has 108 valence electrons. The smallest absolute Gasteiger partial charge is 0.171 e. The van der Waals surface area contributed by atoms with E-state index in [1.807, 2.05) is 36.4 Å². The first-order chi connectivity index (χ1) is 10.3. The summed E-state index contributed by atoms with van der Waals surface area (Å²) >= 11 is 5.30. The number of hydrogen-bond acceptors (Lipinski definition) is 3. The summed E-state index contributed by atoms with van der Waals surface area (Å²) in [5, 5.41) is 6.90. The Labute approximate surface area is 129 Å². The second kappa shape index (κ2) is 6.45. The van der Waals surface area contributed by atoms with Crippen LogP contribution in [0.25, 0.3) is 0 Å². The van der Waals surface area contributed by atoms with E-state index in [0.29, 0.717) is 24.9 Å². The maximum absolute atomic E-state index is 5.55. The number of fused-ring (bicyclic) bond motifs is 1. The lowest BCUT2D eigenvalue weighted by molar-refractivity contribution is 0.171. The van der Waals surface area contributed by atoms with Gasteiger partial charge in [-0.15, -0.1) is 0 Å². The number of hydrogen-bond donors (Lipinski definition) is 2. The topological polar surface area (TPSA) is 42.5 Å². The molecule has 1 aliphatic rings. The number of rotatable bonds is 3. The third kappa shape index (κ3) is 3.64. The molecule has 2 aromatic carbocycles. The molecule has 1 heterocycles. The monoisotopic (exact) mass is 300 g/mol. The lowest BCUT2D eigenvalue weighted by Gasteiger charge is -2.19. The summed E-state index contributed by atoms with van der Waals surface area (Å²) in [7, 11) is 0. The van der Waals surface area contributed by atoms with E-state index in [4.69, 9.17) is 21.7 Å². The van der Waals surface area contributed by atoms with Gasteiger partial charge in [0, 0.05) is 18.3 Å². The SMILES string of the molecule is S=C(NCc1ccccc1)Nc1ccc2c(c1)OCCO2. The maximum Gasteiger partial charge on any atom is 0.171 e. The maximum atomic E-state index is 5.55. The van der Waals surface area contributed by atoms with Crippen LogP contribution in [0.1, 0.15) is 5.56 Å². The molecule has 0 saturated carbocycles. The highest BCUT2D eigenvalue weighted by Gasteiger charge is 2.11. The first-order valence-electron chi connectivity index (χ1n) is 6.80. The molecule has 1 aliphatic heterocycles. The summed E-state index contributed by atoms with van der Waals surface area (Å²) in [6, 6.07) is 15.8. The van der Waals surface area contributed by atoms with Gasteiger partial charge in [0.25, 0.3) is 0 Å². The van der Waals surface area contributed by atoms with Gasteiger partial charge in [0.15, 0.2) is 16.6 Å². The van der Waals surface area contributed by atoms with E-state index in [-0.39, 0.29) is 0 Å². The van der Waals surface area contributed by atoms with Crippen molar-refractivity contribution in [1.82, 2.24) is 5.32 Å². The molecular formula is C16H16N2O2S. The molecule has 4 nitrogen and oxygen atoms in total.